The first-order valence-electron chi connectivity index (χ1n) is 30.1. The van der Waals surface area contributed by atoms with E-state index < -0.39 is 102 Å². The molecule has 0 radical (unpaired) electrons. The number of carbonyl (C=O) groups excluding carboxylic acids is 10. The maximum atomic E-state index is 13.9. The van der Waals surface area contributed by atoms with E-state index in [1.165, 1.54) is 0 Å². The molecule has 3 atom stereocenters. The Hall–Kier alpha value is -8.78. The van der Waals surface area contributed by atoms with Crippen molar-refractivity contribution in [1.29, 1.82) is 10.5 Å². The van der Waals surface area contributed by atoms with Crippen LogP contribution in [0.5, 0.6) is 23.0 Å². The zero-order valence-electron chi connectivity index (χ0n) is 51.9. The van der Waals surface area contributed by atoms with Crippen molar-refractivity contribution in [2.45, 2.75) is 153 Å². The van der Waals surface area contributed by atoms with Gasteiger partial charge in [-0.25, -0.2) is 9.59 Å². The van der Waals surface area contributed by atoms with Crippen LogP contribution in [0.3, 0.4) is 0 Å². The first-order valence-corrected chi connectivity index (χ1v) is 31.7. The molecule has 2 fully saturated rings. The molecule has 3 unspecified atom stereocenters. The summed E-state index contributed by atoms with van der Waals surface area (Å²) in [5, 5.41) is 19.6. The van der Waals surface area contributed by atoms with Gasteiger partial charge in [-0.2, -0.15) is 10.5 Å². The van der Waals surface area contributed by atoms with Gasteiger partial charge in [0.2, 0.25) is 0 Å². The SMILES string of the molecule is C=CC(=O)OC(C)COCC(C)OC(=O)CCC(=O)OCCc1ccc(OC(=O)[C@H]2CC[C@H](C(=O)Oc3c(C)c(C)c(OC(=O)[C@H]4CC[C@H](C(=O)Oc5ccc(CCOC(=O)CCC(=O)OCC(C)OC(=O)C=C)cc5)CC4)c4c3SC(=C(C#N)C#N)S4)CC2)cc1. The third-order valence-corrected chi connectivity index (χ3v) is 17.6. The number of benzene rings is 3. The minimum absolute atomic E-state index is 0.0466. The fourth-order valence-corrected chi connectivity index (χ4v) is 12.4. The Labute approximate surface area is 541 Å². The minimum atomic E-state index is -0.676. The highest BCUT2D eigenvalue weighted by molar-refractivity contribution is 8.24. The highest BCUT2D eigenvalue weighted by atomic mass is 32.2. The van der Waals surface area contributed by atoms with Gasteiger partial charge in [0.1, 0.15) is 65.6 Å². The van der Waals surface area contributed by atoms with Crippen molar-refractivity contribution in [2.75, 3.05) is 33.0 Å². The summed E-state index contributed by atoms with van der Waals surface area (Å²) >= 11 is 2.14. The van der Waals surface area contributed by atoms with E-state index in [1.54, 1.807) is 83.1 Å². The van der Waals surface area contributed by atoms with Crippen molar-refractivity contribution in [2.24, 2.45) is 23.7 Å². The summed E-state index contributed by atoms with van der Waals surface area (Å²) in [5.41, 5.74) is 2.45. The lowest BCUT2D eigenvalue weighted by Gasteiger charge is -2.27. The molecule has 2 aliphatic carbocycles. The maximum Gasteiger partial charge on any atom is 0.330 e. The summed E-state index contributed by atoms with van der Waals surface area (Å²) in [5.74, 6) is -6.61. The molecular formula is C67H74N2O21S2. The van der Waals surface area contributed by atoms with Crippen LogP contribution in [-0.2, 0) is 93.9 Å². The van der Waals surface area contributed by atoms with Crippen LogP contribution in [0, 0.1) is 60.2 Å². The normalized spacial score (nSPS) is 17.4. The summed E-state index contributed by atoms with van der Waals surface area (Å²) in [6, 6.07) is 17.3. The molecule has 3 aromatic carbocycles. The molecule has 3 aliphatic rings. The van der Waals surface area contributed by atoms with Crippen molar-refractivity contribution in [3.63, 3.8) is 0 Å². The fourth-order valence-electron chi connectivity index (χ4n) is 9.77. The molecule has 25 heteroatoms. The number of hydrogen-bond acceptors (Lipinski definition) is 25. The van der Waals surface area contributed by atoms with Crippen LogP contribution in [0.25, 0.3) is 0 Å². The van der Waals surface area contributed by atoms with E-state index in [0.717, 1.165) is 46.8 Å². The monoisotopic (exact) mass is 1310 g/mol. The molecule has 0 aromatic heterocycles. The molecule has 0 saturated heterocycles. The zero-order valence-corrected chi connectivity index (χ0v) is 53.6. The lowest BCUT2D eigenvalue weighted by molar-refractivity contribution is -0.156. The van der Waals surface area contributed by atoms with Crippen LogP contribution in [0.2, 0.25) is 0 Å². The molecule has 0 N–H and O–H groups in total. The van der Waals surface area contributed by atoms with E-state index >= 15 is 0 Å². The van der Waals surface area contributed by atoms with Gasteiger partial charge < -0.3 is 52.1 Å². The summed E-state index contributed by atoms with van der Waals surface area (Å²) in [7, 11) is 0. The molecule has 490 valence electrons. The van der Waals surface area contributed by atoms with E-state index in [1.807, 2.05) is 12.1 Å². The van der Waals surface area contributed by atoms with Gasteiger partial charge in [0, 0.05) is 25.0 Å². The smallest absolute Gasteiger partial charge is 0.330 e. The standard InChI is InChI=1S/C67H74N2O21S2/c1-8-53(70)84-39(3)36-80-37-40(4)86-58(75)29-28-56(73)82-33-31-45-12-24-52(25-13-45)88-64(77)47-16-20-49(21-17-47)66(79)90-60-43(7)42(6)59(61-62(60)92-67(91-61)50(34-68)35-69)89-65(78)48-18-14-46(15-19-48)63(76)87-51-22-10-44(11-23-51)30-32-81-55(72)26-27-57(74)83-38-41(5)85-54(71)9-2/h8-13,22-25,39-41,46-49H,1-2,14-21,26-33,36-38H2,3-7H3/t39?,40?,41?,46-,47-,48-,49-. The van der Waals surface area contributed by atoms with E-state index in [4.69, 9.17) is 52.1 Å². The van der Waals surface area contributed by atoms with Gasteiger partial charge in [0.15, 0.2) is 0 Å². The molecule has 92 heavy (non-hydrogen) atoms. The van der Waals surface area contributed by atoms with E-state index in [2.05, 4.69) is 13.2 Å². The van der Waals surface area contributed by atoms with Crippen molar-refractivity contribution in [3.8, 4) is 35.1 Å². The number of esters is 10. The molecule has 23 nitrogen and oxygen atoms in total. The number of nitriles is 2. The quantitative estimate of drug-likeness (QED) is 0.0190. The molecule has 0 bridgehead atoms. The summed E-state index contributed by atoms with van der Waals surface area (Å²) in [6.45, 7) is 15.0. The number of carbonyl (C=O) groups is 10. The fraction of sp³-hybridized carbons (Fsp3) is 0.463. The zero-order chi connectivity index (χ0) is 66.9. The van der Waals surface area contributed by atoms with E-state index in [0.29, 0.717) is 101 Å². The van der Waals surface area contributed by atoms with Crippen LogP contribution in [-0.4, -0.2) is 111 Å². The van der Waals surface area contributed by atoms with Gasteiger partial charge in [-0.1, -0.05) is 60.9 Å². The molecule has 0 spiro atoms. The van der Waals surface area contributed by atoms with Crippen LogP contribution < -0.4 is 18.9 Å². The molecule has 1 heterocycles. The molecular weight excluding hydrogens is 1230 g/mol. The van der Waals surface area contributed by atoms with Crippen molar-refractivity contribution >= 4 is 83.2 Å². The van der Waals surface area contributed by atoms with Gasteiger partial charge in [0.25, 0.3) is 0 Å². The Balaban J connectivity index is 0.914. The topological polar surface area (TPSA) is 320 Å². The first-order chi connectivity index (χ1) is 44.1. The van der Waals surface area contributed by atoms with Gasteiger partial charge >= 0.3 is 59.7 Å². The van der Waals surface area contributed by atoms with Gasteiger partial charge in [-0.05, 0) is 133 Å². The Kier molecular flexibility index (Phi) is 28.5. The van der Waals surface area contributed by atoms with Crippen LogP contribution >= 0.6 is 23.5 Å². The third kappa shape index (κ3) is 22.6. The second kappa shape index (κ2) is 36.3. The summed E-state index contributed by atoms with van der Waals surface area (Å²) in [4.78, 5) is 127. The van der Waals surface area contributed by atoms with Crippen LogP contribution in [0.4, 0.5) is 0 Å². The Morgan fingerprint density at radius 1 is 0.489 bits per heavy atom. The van der Waals surface area contributed by atoms with Crippen molar-refractivity contribution in [3.05, 3.63) is 106 Å². The largest absolute Gasteiger partial charge is 0.465 e. The van der Waals surface area contributed by atoms with Crippen LogP contribution in [0.15, 0.2) is 93.4 Å². The van der Waals surface area contributed by atoms with Gasteiger partial charge in [-0.15, -0.1) is 0 Å². The number of hydrogen-bond donors (Lipinski definition) is 0. The molecule has 0 amide bonds. The first kappa shape index (κ1) is 72.3. The van der Waals surface area contributed by atoms with Crippen molar-refractivity contribution in [1.82, 2.24) is 0 Å². The highest BCUT2D eigenvalue weighted by Crippen LogP contribution is 2.61. The highest BCUT2D eigenvalue weighted by Gasteiger charge is 2.39. The Bertz CT molecular complexity index is 3310. The second-order valence-corrected chi connectivity index (χ2v) is 24.4. The number of ether oxygens (including phenoxy) is 11. The molecule has 6 rings (SSSR count). The van der Waals surface area contributed by atoms with E-state index in [-0.39, 0.29) is 75.8 Å². The van der Waals surface area contributed by atoms with Gasteiger partial charge in [-0.3, -0.25) is 38.4 Å². The number of nitrogens with zero attached hydrogens (tertiary/aromatic N) is 2. The lowest BCUT2D eigenvalue weighted by atomic mass is 9.82. The molecule has 2 saturated carbocycles. The Morgan fingerprint density at radius 2 is 0.826 bits per heavy atom. The Morgan fingerprint density at radius 3 is 1.20 bits per heavy atom. The average Bonchev–Trinajstić information content (AvgIpc) is 1.55. The predicted molar refractivity (Wildman–Crippen MR) is 329 cm³/mol. The minimum Gasteiger partial charge on any atom is -0.465 e. The maximum absolute atomic E-state index is 13.9. The summed E-state index contributed by atoms with van der Waals surface area (Å²) < 4.78 is 60.2. The van der Waals surface area contributed by atoms with Crippen LogP contribution in [0.1, 0.15) is 120 Å². The van der Waals surface area contributed by atoms with Crippen molar-refractivity contribution < 1.29 is 100 Å². The average molecular weight is 1310 g/mol. The number of fused-ring (bicyclic) bond motifs is 1. The van der Waals surface area contributed by atoms with E-state index in [9.17, 15) is 58.5 Å². The lowest BCUT2D eigenvalue weighted by Crippen LogP contribution is -2.31. The second-order valence-electron chi connectivity index (χ2n) is 22.1. The molecule has 1 aliphatic heterocycles. The summed E-state index contributed by atoms with van der Waals surface area (Å²) in [6.07, 6.45) is 2.98. The number of rotatable bonds is 31. The predicted octanol–water partition coefficient (Wildman–Crippen LogP) is 9.85. The third-order valence-electron chi connectivity index (χ3n) is 15.0. The van der Waals surface area contributed by atoms with Gasteiger partial charge in [0.05, 0.1) is 89.8 Å². The number of allylic oxidation sites excluding steroid dienone is 1. The number of thioether (sulfide) groups is 2. The molecule has 3 aromatic rings.